The molecule has 0 bridgehead atoms. The van der Waals surface area contributed by atoms with Crippen molar-refractivity contribution in [1.29, 1.82) is 0 Å². The number of benzene rings is 1. The highest BCUT2D eigenvalue weighted by molar-refractivity contribution is 7.14. The van der Waals surface area contributed by atoms with Gasteiger partial charge in [0.2, 0.25) is 0 Å². The van der Waals surface area contributed by atoms with Gasteiger partial charge in [-0.2, -0.15) is 0 Å². The predicted molar refractivity (Wildman–Crippen MR) is 107 cm³/mol. The van der Waals surface area contributed by atoms with Gasteiger partial charge in [-0.25, -0.2) is 9.97 Å². The van der Waals surface area contributed by atoms with Crippen molar-refractivity contribution >= 4 is 33.9 Å². The number of rotatable bonds is 7. The van der Waals surface area contributed by atoms with Crippen LogP contribution in [0.5, 0.6) is 0 Å². The van der Waals surface area contributed by atoms with Crippen LogP contribution in [-0.4, -0.2) is 15.9 Å². The third-order valence-corrected chi connectivity index (χ3v) is 4.65. The molecule has 3 aromatic rings. The van der Waals surface area contributed by atoms with E-state index in [9.17, 15) is 4.79 Å². The fraction of sp³-hybridized carbons (Fsp3) is 0.250. The summed E-state index contributed by atoms with van der Waals surface area (Å²) in [6.45, 7) is 4.11. The van der Waals surface area contributed by atoms with Gasteiger partial charge in [0.1, 0.15) is 11.5 Å². The number of aromatic nitrogens is 2. The largest absolute Gasteiger partial charge is 0.321 e. The van der Waals surface area contributed by atoms with E-state index >= 15 is 0 Å². The van der Waals surface area contributed by atoms with Gasteiger partial charge in [0.05, 0.1) is 0 Å². The molecule has 0 spiro atoms. The summed E-state index contributed by atoms with van der Waals surface area (Å²) in [5.74, 6) is 0.502. The van der Waals surface area contributed by atoms with Crippen LogP contribution in [0.25, 0.3) is 0 Å². The van der Waals surface area contributed by atoms with E-state index in [4.69, 9.17) is 0 Å². The number of carbonyl (C=O) groups excluding carboxylic acids is 1. The molecule has 2 aromatic heterocycles. The predicted octanol–water partition coefficient (Wildman–Crippen LogP) is 5.19. The molecule has 2 N–H and O–H groups in total. The summed E-state index contributed by atoms with van der Waals surface area (Å²) < 4.78 is 0. The minimum absolute atomic E-state index is 0.215. The van der Waals surface area contributed by atoms with Gasteiger partial charge in [-0.15, -0.1) is 11.3 Å². The SMILES string of the molecule is CCCCc1ccc(NC(=O)c2csc(Nc3cccc(C)n3)n2)cc1. The van der Waals surface area contributed by atoms with Gasteiger partial charge in [-0.05, 0) is 49.6 Å². The summed E-state index contributed by atoms with van der Waals surface area (Å²) in [7, 11) is 0. The van der Waals surface area contributed by atoms with Crippen LogP contribution >= 0.6 is 11.3 Å². The third-order valence-electron chi connectivity index (χ3n) is 3.89. The Morgan fingerprint density at radius 3 is 2.65 bits per heavy atom. The van der Waals surface area contributed by atoms with E-state index in [1.807, 2.05) is 37.3 Å². The van der Waals surface area contributed by atoms with Crippen LogP contribution in [0.3, 0.4) is 0 Å². The van der Waals surface area contributed by atoms with Crippen molar-refractivity contribution in [2.24, 2.45) is 0 Å². The quantitative estimate of drug-likeness (QED) is 0.604. The smallest absolute Gasteiger partial charge is 0.275 e. The minimum atomic E-state index is -0.215. The lowest BCUT2D eigenvalue weighted by atomic mass is 10.1. The van der Waals surface area contributed by atoms with Gasteiger partial charge in [0.25, 0.3) is 5.91 Å². The summed E-state index contributed by atoms with van der Waals surface area (Å²) in [5, 5.41) is 8.40. The maximum Gasteiger partial charge on any atom is 0.275 e. The number of hydrogen-bond acceptors (Lipinski definition) is 5. The van der Waals surface area contributed by atoms with Gasteiger partial charge >= 0.3 is 0 Å². The van der Waals surface area contributed by atoms with Gasteiger partial charge in [0.15, 0.2) is 5.13 Å². The fourth-order valence-corrected chi connectivity index (χ4v) is 3.19. The molecule has 0 atom stereocenters. The van der Waals surface area contributed by atoms with E-state index in [0.717, 1.165) is 17.8 Å². The van der Waals surface area contributed by atoms with Crippen molar-refractivity contribution in [3.63, 3.8) is 0 Å². The average molecular weight is 366 g/mol. The second kappa shape index (κ2) is 8.58. The summed E-state index contributed by atoms with van der Waals surface area (Å²) >= 11 is 1.38. The van der Waals surface area contributed by atoms with E-state index in [2.05, 4.69) is 39.7 Å². The zero-order valence-corrected chi connectivity index (χ0v) is 15.8. The third kappa shape index (κ3) is 4.89. The Hall–Kier alpha value is -2.73. The Balaban J connectivity index is 1.61. The number of nitrogens with one attached hydrogen (secondary N) is 2. The molecule has 26 heavy (non-hydrogen) atoms. The van der Waals surface area contributed by atoms with E-state index in [1.54, 1.807) is 5.38 Å². The van der Waals surface area contributed by atoms with Crippen LogP contribution in [0.2, 0.25) is 0 Å². The Kier molecular flexibility index (Phi) is 5.96. The van der Waals surface area contributed by atoms with Gasteiger partial charge < -0.3 is 10.6 Å². The first kappa shape index (κ1) is 18.1. The lowest BCUT2D eigenvalue weighted by Gasteiger charge is -2.05. The highest BCUT2D eigenvalue weighted by Crippen LogP contribution is 2.21. The summed E-state index contributed by atoms with van der Waals surface area (Å²) in [6.07, 6.45) is 3.42. The molecule has 134 valence electrons. The number of thiazole rings is 1. The molecule has 0 aliphatic rings. The number of amides is 1. The molecular formula is C20H22N4OS. The van der Waals surface area contributed by atoms with Crippen LogP contribution in [0.4, 0.5) is 16.6 Å². The molecule has 0 fully saturated rings. The van der Waals surface area contributed by atoms with Crippen LogP contribution < -0.4 is 10.6 Å². The maximum atomic E-state index is 12.4. The number of nitrogens with zero attached hydrogens (tertiary/aromatic N) is 2. The Bertz CT molecular complexity index is 874. The number of hydrogen-bond donors (Lipinski definition) is 2. The molecule has 6 heteroatoms. The average Bonchev–Trinajstić information content (AvgIpc) is 3.10. The molecule has 1 amide bonds. The zero-order valence-electron chi connectivity index (χ0n) is 15.0. The molecule has 3 rings (SSSR count). The molecule has 0 saturated carbocycles. The molecule has 2 heterocycles. The van der Waals surface area contributed by atoms with Crippen molar-refractivity contribution in [2.75, 3.05) is 10.6 Å². The number of anilines is 3. The Labute approximate surface area is 157 Å². The van der Waals surface area contributed by atoms with Crippen LogP contribution in [-0.2, 0) is 6.42 Å². The maximum absolute atomic E-state index is 12.4. The van der Waals surface area contributed by atoms with Gasteiger partial charge in [-0.1, -0.05) is 31.5 Å². The normalized spacial score (nSPS) is 10.5. The van der Waals surface area contributed by atoms with Gasteiger partial charge in [0, 0.05) is 16.8 Å². The lowest BCUT2D eigenvalue weighted by Crippen LogP contribution is -2.12. The standard InChI is InChI=1S/C20H22N4OS/c1-3-4-7-15-9-11-16(12-10-15)22-19(25)17-13-26-20(23-17)24-18-8-5-6-14(2)21-18/h5-6,8-13H,3-4,7H2,1-2H3,(H,22,25)(H,21,23,24). The fourth-order valence-electron chi connectivity index (χ4n) is 2.49. The zero-order chi connectivity index (χ0) is 18.4. The topological polar surface area (TPSA) is 66.9 Å². The highest BCUT2D eigenvalue weighted by atomic mass is 32.1. The first-order valence-corrected chi connectivity index (χ1v) is 9.58. The molecular weight excluding hydrogens is 344 g/mol. The van der Waals surface area contributed by atoms with Gasteiger partial charge in [-0.3, -0.25) is 4.79 Å². The molecule has 0 aliphatic heterocycles. The van der Waals surface area contributed by atoms with Crippen molar-refractivity contribution in [1.82, 2.24) is 9.97 Å². The molecule has 0 radical (unpaired) electrons. The van der Waals surface area contributed by atoms with Crippen LogP contribution in [0.15, 0.2) is 47.8 Å². The Morgan fingerprint density at radius 2 is 1.92 bits per heavy atom. The molecule has 0 saturated heterocycles. The minimum Gasteiger partial charge on any atom is -0.321 e. The summed E-state index contributed by atoms with van der Waals surface area (Å²) in [6, 6.07) is 13.7. The van der Waals surface area contributed by atoms with E-state index in [1.165, 1.54) is 29.7 Å². The van der Waals surface area contributed by atoms with E-state index in [-0.39, 0.29) is 5.91 Å². The molecule has 5 nitrogen and oxygen atoms in total. The summed E-state index contributed by atoms with van der Waals surface area (Å²) in [4.78, 5) is 21.1. The number of pyridine rings is 1. The van der Waals surface area contributed by atoms with E-state index < -0.39 is 0 Å². The van der Waals surface area contributed by atoms with Crippen molar-refractivity contribution < 1.29 is 4.79 Å². The molecule has 1 aromatic carbocycles. The first-order chi connectivity index (χ1) is 12.6. The number of unbranched alkanes of at least 4 members (excludes halogenated alkanes) is 1. The lowest BCUT2D eigenvalue weighted by molar-refractivity contribution is 0.102. The second-order valence-corrected chi connectivity index (χ2v) is 6.94. The van der Waals surface area contributed by atoms with Crippen molar-refractivity contribution in [3.05, 3.63) is 64.8 Å². The van der Waals surface area contributed by atoms with Crippen molar-refractivity contribution in [2.45, 2.75) is 33.1 Å². The number of carbonyl (C=O) groups is 1. The number of aryl methyl sites for hydroxylation is 2. The monoisotopic (exact) mass is 366 g/mol. The highest BCUT2D eigenvalue weighted by Gasteiger charge is 2.11. The van der Waals surface area contributed by atoms with Crippen LogP contribution in [0.1, 0.15) is 41.5 Å². The van der Waals surface area contributed by atoms with E-state index in [0.29, 0.717) is 16.6 Å². The Morgan fingerprint density at radius 1 is 1.12 bits per heavy atom. The van der Waals surface area contributed by atoms with Crippen LogP contribution in [0, 0.1) is 6.92 Å². The first-order valence-electron chi connectivity index (χ1n) is 8.70. The molecule has 0 unspecified atom stereocenters. The second-order valence-electron chi connectivity index (χ2n) is 6.08. The molecule has 0 aliphatic carbocycles. The summed E-state index contributed by atoms with van der Waals surface area (Å²) in [5.41, 5.74) is 3.38. The van der Waals surface area contributed by atoms with Crippen molar-refractivity contribution in [3.8, 4) is 0 Å².